The lowest BCUT2D eigenvalue weighted by Gasteiger charge is -2.05. The molecule has 0 aliphatic carbocycles. The standard InChI is InChI=1S/C15H13ClN2S/c1-3-10-6-7-19-13(10)15-17-12-5-4-9(2)8-11(12)14(16)18-15/h4-8H,3H2,1-2H3. The average molecular weight is 289 g/mol. The monoisotopic (exact) mass is 288 g/mol. The fraction of sp³-hybridized carbons (Fsp3) is 0.200. The van der Waals surface area contributed by atoms with E-state index in [0.29, 0.717) is 5.15 Å². The molecule has 2 aromatic heterocycles. The summed E-state index contributed by atoms with van der Waals surface area (Å²) < 4.78 is 0. The third-order valence-electron chi connectivity index (χ3n) is 3.14. The Morgan fingerprint density at radius 1 is 1.21 bits per heavy atom. The third kappa shape index (κ3) is 2.24. The van der Waals surface area contributed by atoms with E-state index < -0.39 is 0 Å². The first-order valence-corrected chi connectivity index (χ1v) is 7.45. The summed E-state index contributed by atoms with van der Waals surface area (Å²) in [6, 6.07) is 8.19. The van der Waals surface area contributed by atoms with Crippen molar-refractivity contribution in [1.29, 1.82) is 0 Å². The Morgan fingerprint density at radius 2 is 2.05 bits per heavy atom. The largest absolute Gasteiger partial charge is 0.227 e. The number of benzene rings is 1. The first-order chi connectivity index (χ1) is 9.19. The molecule has 0 bridgehead atoms. The first-order valence-electron chi connectivity index (χ1n) is 6.19. The van der Waals surface area contributed by atoms with Gasteiger partial charge < -0.3 is 0 Å². The molecule has 2 nitrogen and oxygen atoms in total. The smallest absolute Gasteiger partial charge is 0.171 e. The Balaban J connectivity index is 2.24. The van der Waals surface area contributed by atoms with Gasteiger partial charge in [-0.15, -0.1) is 11.3 Å². The number of rotatable bonds is 2. The minimum absolute atomic E-state index is 0.527. The zero-order chi connectivity index (χ0) is 13.4. The third-order valence-corrected chi connectivity index (χ3v) is 4.38. The van der Waals surface area contributed by atoms with Crippen molar-refractivity contribution in [2.75, 3.05) is 0 Å². The molecule has 3 rings (SSSR count). The fourth-order valence-corrected chi connectivity index (χ4v) is 3.28. The van der Waals surface area contributed by atoms with Crippen LogP contribution in [0, 0.1) is 6.92 Å². The molecule has 1 aromatic carbocycles. The van der Waals surface area contributed by atoms with Crippen LogP contribution in [0.4, 0.5) is 0 Å². The molecular formula is C15H13ClN2S. The molecule has 0 N–H and O–H groups in total. The van der Waals surface area contributed by atoms with Crippen molar-refractivity contribution in [1.82, 2.24) is 9.97 Å². The van der Waals surface area contributed by atoms with Crippen LogP contribution in [-0.4, -0.2) is 9.97 Å². The number of fused-ring (bicyclic) bond motifs is 1. The van der Waals surface area contributed by atoms with Gasteiger partial charge in [0.1, 0.15) is 5.15 Å². The van der Waals surface area contributed by atoms with Gasteiger partial charge in [0, 0.05) is 5.39 Å². The van der Waals surface area contributed by atoms with Crippen LogP contribution in [-0.2, 0) is 6.42 Å². The molecule has 2 heterocycles. The molecule has 4 heteroatoms. The molecule has 19 heavy (non-hydrogen) atoms. The van der Waals surface area contributed by atoms with Crippen molar-refractivity contribution in [2.45, 2.75) is 20.3 Å². The molecule has 3 aromatic rings. The average Bonchev–Trinajstić information content (AvgIpc) is 2.87. The lowest BCUT2D eigenvalue weighted by molar-refractivity contribution is 1.14. The Kier molecular flexibility index (Phi) is 3.25. The number of nitrogens with zero attached hydrogens (tertiary/aromatic N) is 2. The maximum absolute atomic E-state index is 6.30. The van der Waals surface area contributed by atoms with Crippen LogP contribution in [0.1, 0.15) is 18.1 Å². The summed E-state index contributed by atoms with van der Waals surface area (Å²) in [7, 11) is 0. The van der Waals surface area contributed by atoms with Crippen LogP contribution in [0.15, 0.2) is 29.6 Å². The molecule has 0 atom stereocenters. The van der Waals surface area contributed by atoms with Gasteiger partial charge in [-0.3, -0.25) is 0 Å². The van der Waals surface area contributed by atoms with Gasteiger partial charge in [0.25, 0.3) is 0 Å². The highest BCUT2D eigenvalue weighted by atomic mass is 35.5. The number of hydrogen-bond donors (Lipinski definition) is 0. The summed E-state index contributed by atoms with van der Waals surface area (Å²) in [4.78, 5) is 10.2. The van der Waals surface area contributed by atoms with E-state index in [-0.39, 0.29) is 0 Å². The van der Waals surface area contributed by atoms with Gasteiger partial charge in [-0.2, -0.15) is 0 Å². The van der Waals surface area contributed by atoms with Crippen LogP contribution >= 0.6 is 22.9 Å². The number of hydrogen-bond acceptors (Lipinski definition) is 3. The van der Waals surface area contributed by atoms with Crippen LogP contribution < -0.4 is 0 Å². The van der Waals surface area contributed by atoms with Crippen molar-refractivity contribution in [3.05, 3.63) is 45.9 Å². The van der Waals surface area contributed by atoms with E-state index in [9.17, 15) is 0 Å². The van der Waals surface area contributed by atoms with E-state index in [4.69, 9.17) is 11.6 Å². The van der Waals surface area contributed by atoms with E-state index in [1.54, 1.807) is 11.3 Å². The lowest BCUT2D eigenvalue weighted by atomic mass is 10.1. The molecule has 0 spiro atoms. The summed E-state index contributed by atoms with van der Waals surface area (Å²) in [5, 5.41) is 3.52. The first kappa shape index (κ1) is 12.6. The molecule has 96 valence electrons. The van der Waals surface area contributed by atoms with Crippen molar-refractivity contribution >= 4 is 33.8 Å². The Bertz CT molecular complexity index is 749. The highest BCUT2D eigenvalue weighted by Crippen LogP contribution is 2.31. The van der Waals surface area contributed by atoms with Crippen molar-refractivity contribution < 1.29 is 0 Å². The van der Waals surface area contributed by atoms with E-state index >= 15 is 0 Å². The quantitative estimate of drug-likeness (QED) is 0.628. The molecular weight excluding hydrogens is 276 g/mol. The second-order valence-corrected chi connectivity index (χ2v) is 5.76. The fourth-order valence-electron chi connectivity index (χ4n) is 2.12. The number of aryl methyl sites for hydroxylation is 2. The molecule has 0 radical (unpaired) electrons. The Hall–Kier alpha value is -1.45. The maximum Gasteiger partial charge on any atom is 0.171 e. The zero-order valence-electron chi connectivity index (χ0n) is 10.8. The normalized spacial score (nSPS) is 11.1. The van der Waals surface area contributed by atoms with Crippen LogP contribution in [0.2, 0.25) is 5.15 Å². The SMILES string of the molecule is CCc1ccsc1-c1nc(Cl)c2cc(C)ccc2n1. The molecule has 0 saturated heterocycles. The number of aromatic nitrogens is 2. The second kappa shape index (κ2) is 4.91. The molecule has 0 aliphatic rings. The lowest BCUT2D eigenvalue weighted by Crippen LogP contribution is -1.92. The van der Waals surface area contributed by atoms with E-state index in [1.807, 2.05) is 25.1 Å². The molecule has 0 fully saturated rings. The summed E-state index contributed by atoms with van der Waals surface area (Å²) in [5.74, 6) is 0.730. The van der Waals surface area contributed by atoms with E-state index in [2.05, 4.69) is 28.3 Å². The van der Waals surface area contributed by atoms with Crippen molar-refractivity contribution in [3.63, 3.8) is 0 Å². The number of halogens is 1. The van der Waals surface area contributed by atoms with Gasteiger partial charge >= 0.3 is 0 Å². The zero-order valence-corrected chi connectivity index (χ0v) is 12.3. The summed E-state index contributed by atoms with van der Waals surface area (Å²) in [6.07, 6.45) is 0.978. The second-order valence-electron chi connectivity index (χ2n) is 4.49. The van der Waals surface area contributed by atoms with Crippen LogP contribution in [0.5, 0.6) is 0 Å². The Morgan fingerprint density at radius 3 is 2.84 bits per heavy atom. The predicted molar refractivity (Wildman–Crippen MR) is 82.0 cm³/mol. The van der Waals surface area contributed by atoms with Gasteiger partial charge in [0.2, 0.25) is 0 Å². The molecule has 0 aliphatic heterocycles. The Labute approximate surface area is 121 Å². The maximum atomic E-state index is 6.30. The minimum Gasteiger partial charge on any atom is -0.227 e. The predicted octanol–water partition coefficient (Wildman–Crippen LogP) is 4.88. The summed E-state index contributed by atoms with van der Waals surface area (Å²) in [6.45, 7) is 4.18. The summed E-state index contributed by atoms with van der Waals surface area (Å²) in [5.41, 5.74) is 3.33. The van der Waals surface area contributed by atoms with E-state index in [0.717, 1.165) is 33.6 Å². The molecule has 0 amide bonds. The highest BCUT2D eigenvalue weighted by Gasteiger charge is 2.12. The van der Waals surface area contributed by atoms with E-state index in [1.165, 1.54) is 5.56 Å². The van der Waals surface area contributed by atoms with Gasteiger partial charge in [-0.05, 0) is 42.5 Å². The van der Waals surface area contributed by atoms with Gasteiger partial charge in [-0.25, -0.2) is 9.97 Å². The van der Waals surface area contributed by atoms with Crippen LogP contribution in [0.25, 0.3) is 21.6 Å². The van der Waals surface area contributed by atoms with Crippen LogP contribution in [0.3, 0.4) is 0 Å². The molecule has 0 unspecified atom stereocenters. The summed E-state index contributed by atoms with van der Waals surface area (Å²) >= 11 is 7.96. The van der Waals surface area contributed by atoms with Crippen molar-refractivity contribution in [2.24, 2.45) is 0 Å². The van der Waals surface area contributed by atoms with Gasteiger partial charge in [-0.1, -0.05) is 30.2 Å². The number of thiophene rings is 1. The highest BCUT2D eigenvalue weighted by molar-refractivity contribution is 7.13. The minimum atomic E-state index is 0.527. The molecule has 0 saturated carbocycles. The van der Waals surface area contributed by atoms with Gasteiger partial charge in [0.05, 0.1) is 10.4 Å². The van der Waals surface area contributed by atoms with Crippen molar-refractivity contribution in [3.8, 4) is 10.7 Å². The topological polar surface area (TPSA) is 25.8 Å². The van der Waals surface area contributed by atoms with Gasteiger partial charge in [0.15, 0.2) is 5.82 Å².